The molecule has 0 unspecified atom stereocenters. The smallest absolute Gasteiger partial charge is 0.246 e. The molecule has 0 bridgehead atoms. The minimum atomic E-state index is -0.0127. The molecule has 0 aliphatic rings. The first-order chi connectivity index (χ1) is 6.07. The Morgan fingerprint density at radius 2 is 2.08 bits per heavy atom. The van der Waals surface area contributed by atoms with Gasteiger partial charge in [-0.15, -0.1) is 0 Å². The van der Waals surface area contributed by atoms with E-state index < -0.39 is 0 Å². The predicted octanol–water partition coefficient (Wildman–Crippen LogP) is 1.02. The molecule has 0 atom stereocenters. The minimum Gasteiger partial charge on any atom is -0.352 e. The maximum Gasteiger partial charge on any atom is 0.246 e. The Labute approximate surface area is 80.8 Å². The Kier molecular flexibility index (Phi) is 6.24. The van der Waals surface area contributed by atoms with Crippen LogP contribution < -0.4 is 5.32 Å². The fourth-order valence-corrected chi connectivity index (χ4v) is 0.883. The van der Waals surface area contributed by atoms with Crippen molar-refractivity contribution in [3.05, 3.63) is 12.2 Å². The monoisotopic (exact) mass is 184 g/mol. The number of rotatable bonds is 6. The van der Waals surface area contributed by atoms with Crippen LogP contribution >= 0.6 is 0 Å². The van der Waals surface area contributed by atoms with E-state index in [1.165, 1.54) is 0 Å². The van der Waals surface area contributed by atoms with Crippen molar-refractivity contribution in [2.45, 2.75) is 19.8 Å². The first-order valence-corrected chi connectivity index (χ1v) is 4.68. The van der Waals surface area contributed by atoms with Crippen LogP contribution in [0.25, 0.3) is 0 Å². The second-order valence-electron chi connectivity index (χ2n) is 3.37. The normalized spacial score (nSPS) is 10.2. The van der Waals surface area contributed by atoms with Crippen LogP contribution in [0.3, 0.4) is 0 Å². The van der Waals surface area contributed by atoms with Crippen molar-refractivity contribution in [1.29, 1.82) is 0 Å². The molecule has 0 saturated heterocycles. The second kappa shape index (κ2) is 6.66. The fraction of sp³-hybridized carbons (Fsp3) is 0.700. The molecule has 0 aliphatic heterocycles. The molecule has 3 nitrogen and oxygen atoms in total. The highest BCUT2D eigenvalue weighted by atomic mass is 16.1. The van der Waals surface area contributed by atoms with Crippen LogP contribution in [0.4, 0.5) is 0 Å². The highest BCUT2D eigenvalue weighted by molar-refractivity contribution is 5.92. The molecule has 0 saturated carbocycles. The average Bonchev–Trinajstić information content (AvgIpc) is 2.10. The van der Waals surface area contributed by atoms with E-state index in [9.17, 15) is 4.79 Å². The average molecular weight is 184 g/mol. The SMILES string of the molecule is C=C(CC)C(=O)NCCCN(C)C. The number of nitrogens with one attached hydrogen (secondary N) is 1. The summed E-state index contributed by atoms with van der Waals surface area (Å²) in [6.45, 7) is 7.33. The summed E-state index contributed by atoms with van der Waals surface area (Å²) in [6, 6.07) is 0. The van der Waals surface area contributed by atoms with Crippen molar-refractivity contribution >= 4 is 5.91 Å². The zero-order valence-electron chi connectivity index (χ0n) is 8.89. The summed E-state index contributed by atoms with van der Waals surface area (Å²) in [5.41, 5.74) is 0.657. The Bertz CT molecular complexity index is 176. The zero-order valence-corrected chi connectivity index (χ0v) is 8.89. The lowest BCUT2D eigenvalue weighted by molar-refractivity contribution is -0.117. The van der Waals surface area contributed by atoms with Crippen LogP contribution in [0.5, 0.6) is 0 Å². The van der Waals surface area contributed by atoms with E-state index >= 15 is 0 Å². The highest BCUT2D eigenvalue weighted by Gasteiger charge is 2.02. The van der Waals surface area contributed by atoms with E-state index in [-0.39, 0.29) is 5.91 Å². The van der Waals surface area contributed by atoms with Gasteiger partial charge >= 0.3 is 0 Å². The van der Waals surface area contributed by atoms with Gasteiger partial charge in [-0.3, -0.25) is 4.79 Å². The molecule has 0 radical (unpaired) electrons. The van der Waals surface area contributed by atoms with Gasteiger partial charge in [-0.2, -0.15) is 0 Å². The zero-order chi connectivity index (χ0) is 10.3. The molecule has 0 spiro atoms. The van der Waals surface area contributed by atoms with E-state index in [0.717, 1.165) is 25.9 Å². The lowest BCUT2D eigenvalue weighted by Crippen LogP contribution is -2.27. The largest absolute Gasteiger partial charge is 0.352 e. The van der Waals surface area contributed by atoms with Crippen molar-refractivity contribution in [1.82, 2.24) is 10.2 Å². The number of amides is 1. The van der Waals surface area contributed by atoms with Crippen LogP contribution in [-0.2, 0) is 4.79 Å². The number of hydrogen-bond donors (Lipinski definition) is 1. The molecule has 1 N–H and O–H groups in total. The Hall–Kier alpha value is -0.830. The summed E-state index contributed by atoms with van der Waals surface area (Å²) in [5.74, 6) is -0.0127. The van der Waals surface area contributed by atoms with Crippen molar-refractivity contribution in [2.24, 2.45) is 0 Å². The number of nitrogens with zero attached hydrogens (tertiary/aromatic N) is 1. The van der Waals surface area contributed by atoms with E-state index in [2.05, 4.69) is 16.8 Å². The van der Waals surface area contributed by atoms with Gasteiger partial charge in [0.2, 0.25) is 5.91 Å². The summed E-state index contributed by atoms with van der Waals surface area (Å²) in [4.78, 5) is 13.3. The van der Waals surface area contributed by atoms with E-state index in [1.54, 1.807) is 0 Å². The third-order valence-electron chi connectivity index (χ3n) is 1.82. The molecule has 1 amide bonds. The van der Waals surface area contributed by atoms with Gasteiger partial charge in [-0.05, 0) is 33.5 Å². The molecule has 76 valence electrons. The molecule has 0 aliphatic carbocycles. The first-order valence-electron chi connectivity index (χ1n) is 4.68. The van der Waals surface area contributed by atoms with E-state index in [4.69, 9.17) is 0 Å². The molecule has 0 rings (SSSR count). The van der Waals surface area contributed by atoms with Crippen LogP contribution in [0.2, 0.25) is 0 Å². The third kappa shape index (κ3) is 6.34. The van der Waals surface area contributed by atoms with Crippen LogP contribution in [0.15, 0.2) is 12.2 Å². The summed E-state index contributed by atoms with van der Waals surface area (Å²) >= 11 is 0. The van der Waals surface area contributed by atoms with Crippen LogP contribution in [0.1, 0.15) is 19.8 Å². The maximum atomic E-state index is 11.2. The topological polar surface area (TPSA) is 32.3 Å². The Morgan fingerprint density at radius 3 is 2.54 bits per heavy atom. The molecule has 3 heteroatoms. The van der Waals surface area contributed by atoms with Crippen molar-refractivity contribution in [2.75, 3.05) is 27.2 Å². The molecular weight excluding hydrogens is 164 g/mol. The Morgan fingerprint density at radius 1 is 1.46 bits per heavy atom. The second-order valence-corrected chi connectivity index (χ2v) is 3.37. The molecule has 13 heavy (non-hydrogen) atoms. The molecule has 0 aromatic heterocycles. The van der Waals surface area contributed by atoms with Gasteiger partial charge in [-0.1, -0.05) is 13.5 Å². The van der Waals surface area contributed by atoms with Crippen molar-refractivity contribution in [3.8, 4) is 0 Å². The predicted molar refractivity (Wildman–Crippen MR) is 55.6 cm³/mol. The third-order valence-corrected chi connectivity index (χ3v) is 1.82. The standard InChI is InChI=1S/C10H20N2O/c1-5-9(2)10(13)11-7-6-8-12(3)4/h2,5-8H2,1,3-4H3,(H,11,13). The summed E-state index contributed by atoms with van der Waals surface area (Å²) in [5, 5.41) is 2.82. The highest BCUT2D eigenvalue weighted by Crippen LogP contribution is 1.95. The quantitative estimate of drug-likeness (QED) is 0.494. The van der Waals surface area contributed by atoms with Gasteiger partial charge < -0.3 is 10.2 Å². The summed E-state index contributed by atoms with van der Waals surface area (Å²) in [6.07, 6.45) is 1.70. The molecule has 0 heterocycles. The first kappa shape index (κ1) is 12.2. The van der Waals surface area contributed by atoms with Gasteiger partial charge in [0, 0.05) is 12.1 Å². The van der Waals surface area contributed by atoms with E-state index in [1.807, 2.05) is 21.0 Å². The molecule has 0 aromatic rings. The minimum absolute atomic E-state index is 0.0127. The van der Waals surface area contributed by atoms with Gasteiger partial charge in [0.15, 0.2) is 0 Å². The fourth-order valence-electron chi connectivity index (χ4n) is 0.883. The lowest BCUT2D eigenvalue weighted by atomic mass is 10.2. The number of carbonyl (C=O) groups excluding carboxylic acids is 1. The van der Waals surface area contributed by atoms with Gasteiger partial charge in [0.25, 0.3) is 0 Å². The summed E-state index contributed by atoms with van der Waals surface area (Å²) in [7, 11) is 4.04. The number of hydrogen-bond acceptors (Lipinski definition) is 2. The van der Waals surface area contributed by atoms with Gasteiger partial charge in [-0.25, -0.2) is 0 Å². The Balaban J connectivity index is 3.43. The molecule has 0 aromatic carbocycles. The van der Waals surface area contributed by atoms with Crippen LogP contribution in [0, 0.1) is 0 Å². The van der Waals surface area contributed by atoms with E-state index in [0.29, 0.717) is 5.57 Å². The maximum absolute atomic E-state index is 11.2. The van der Waals surface area contributed by atoms with Crippen molar-refractivity contribution in [3.63, 3.8) is 0 Å². The van der Waals surface area contributed by atoms with Gasteiger partial charge in [0.05, 0.1) is 0 Å². The molecule has 0 fully saturated rings. The molecular formula is C10H20N2O. The van der Waals surface area contributed by atoms with Crippen LogP contribution in [-0.4, -0.2) is 38.0 Å². The van der Waals surface area contributed by atoms with Gasteiger partial charge in [0.1, 0.15) is 0 Å². The van der Waals surface area contributed by atoms with Crippen molar-refractivity contribution < 1.29 is 4.79 Å². The summed E-state index contributed by atoms with van der Waals surface area (Å²) < 4.78 is 0. The number of carbonyl (C=O) groups is 1. The lowest BCUT2D eigenvalue weighted by Gasteiger charge is -2.10.